The number of pyridine rings is 2. The molecule has 3 N–H and O–H groups in total. The molecule has 0 unspecified atom stereocenters. The average Bonchev–Trinajstić information content (AvgIpc) is 2.67. The fourth-order valence-corrected chi connectivity index (χ4v) is 3.02. The Labute approximate surface area is 155 Å². The fraction of sp³-hybridized carbons (Fsp3) is 0.0556. The first-order valence-electron chi connectivity index (χ1n) is 7.80. The number of aromatic nitrogens is 2. The van der Waals surface area contributed by atoms with Crippen molar-refractivity contribution >= 4 is 21.7 Å². The quantitative estimate of drug-likeness (QED) is 0.458. The lowest BCUT2D eigenvalue weighted by atomic mass is 10.0. The van der Waals surface area contributed by atoms with Crippen LogP contribution in [0.15, 0.2) is 61.1 Å². The lowest BCUT2D eigenvalue weighted by Gasteiger charge is -2.11. The largest absolute Gasteiger partial charge is 0.288 e. The number of hydrogen-bond donors (Lipinski definition) is 3. The number of nitrogens with zero attached hydrogens (tertiary/aromatic N) is 2. The van der Waals surface area contributed by atoms with Gasteiger partial charge in [0.2, 0.25) is 10.0 Å². The van der Waals surface area contributed by atoms with Gasteiger partial charge in [0, 0.05) is 24.2 Å². The number of sulfonamides is 1. The summed E-state index contributed by atoms with van der Waals surface area (Å²) >= 11 is 0. The summed E-state index contributed by atoms with van der Waals surface area (Å²) in [5.41, 5.74) is 4.70. The molecule has 1 aromatic carbocycles. The molecule has 8 nitrogen and oxygen atoms in total. The number of nitrogens with one attached hydrogen (secondary N) is 2. The molecule has 0 spiro atoms. The van der Waals surface area contributed by atoms with Crippen LogP contribution in [-0.2, 0) is 10.0 Å². The monoisotopic (exact) mass is 384 g/mol. The number of carbonyl (C=O) groups excluding carboxylic acids is 1. The predicted molar refractivity (Wildman–Crippen MR) is 101 cm³/mol. The number of benzene rings is 1. The highest BCUT2D eigenvalue weighted by atomic mass is 32.2. The molecule has 0 bridgehead atoms. The van der Waals surface area contributed by atoms with Gasteiger partial charge in [0.15, 0.2) is 5.82 Å². The van der Waals surface area contributed by atoms with Gasteiger partial charge in [-0.2, -0.15) is 0 Å². The van der Waals surface area contributed by atoms with Crippen LogP contribution in [0.4, 0.5) is 5.82 Å². The van der Waals surface area contributed by atoms with Gasteiger partial charge >= 0.3 is 0 Å². The summed E-state index contributed by atoms with van der Waals surface area (Å²) in [6, 6.07) is 12.7. The van der Waals surface area contributed by atoms with Gasteiger partial charge in [-0.15, -0.1) is 0 Å². The third kappa shape index (κ3) is 4.46. The van der Waals surface area contributed by atoms with Gasteiger partial charge in [-0.05, 0) is 28.8 Å². The second-order valence-electron chi connectivity index (χ2n) is 5.75. The van der Waals surface area contributed by atoms with Crippen LogP contribution in [-0.4, -0.2) is 35.8 Å². The molecule has 1 amide bonds. The molecule has 0 fully saturated rings. The number of amides is 1. The Hall–Kier alpha value is -3.30. The highest BCUT2D eigenvalue weighted by molar-refractivity contribution is 7.92. The molecule has 0 aliphatic heterocycles. The van der Waals surface area contributed by atoms with E-state index < -0.39 is 15.9 Å². The van der Waals surface area contributed by atoms with Crippen LogP contribution in [0.5, 0.6) is 0 Å². The van der Waals surface area contributed by atoms with Gasteiger partial charge in [-0.1, -0.05) is 30.3 Å². The Morgan fingerprint density at radius 1 is 1.00 bits per heavy atom. The minimum Gasteiger partial charge on any atom is -0.288 e. The van der Waals surface area contributed by atoms with Crippen LogP contribution in [0.25, 0.3) is 22.3 Å². The van der Waals surface area contributed by atoms with Crippen molar-refractivity contribution in [3.8, 4) is 22.3 Å². The summed E-state index contributed by atoms with van der Waals surface area (Å²) in [5.74, 6) is -1.04. The van der Waals surface area contributed by atoms with Gasteiger partial charge < -0.3 is 0 Å². The lowest BCUT2D eigenvalue weighted by Crippen LogP contribution is -2.22. The van der Waals surface area contributed by atoms with Crippen molar-refractivity contribution in [1.82, 2.24) is 15.4 Å². The SMILES string of the molecule is CS(=O)(=O)Nc1ncc(-c2ccc(-c3cccnc3)cc2)cc1C(=O)NO. The van der Waals surface area contributed by atoms with Crippen molar-refractivity contribution in [2.75, 3.05) is 11.0 Å². The van der Waals surface area contributed by atoms with E-state index in [2.05, 4.69) is 14.7 Å². The Kier molecular flexibility index (Phi) is 5.15. The maximum atomic E-state index is 11.9. The minimum absolute atomic E-state index is 0.100. The van der Waals surface area contributed by atoms with E-state index in [1.54, 1.807) is 12.4 Å². The number of hydrogen-bond acceptors (Lipinski definition) is 6. The van der Waals surface area contributed by atoms with E-state index in [9.17, 15) is 13.2 Å². The molecule has 0 aliphatic rings. The van der Waals surface area contributed by atoms with E-state index in [0.29, 0.717) is 5.56 Å². The maximum absolute atomic E-state index is 11.9. The Morgan fingerprint density at radius 2 is 1.67 bits per heavy atom. The summed E-state index contributed by atoms with van der Waals surface area (Å²) in [6.45, 7) is 0. The van der Waals surface area contributed by atoms with Crippen LogP contribution in [0, 0.1) is 0 Å². The second kappa shape index (κ2) is 7.52. The van der Waals surface area contributed by atoms with Gasteiger partial charge in [0.1, 0.15) is 0 Å². The van der Waals surface area contributed by atoms with E-state index in [1.807, 2.05) is 36.4 Å². The molecule has 138 valence electrons. The van der Waals surface area contributed by atoms with E-state index in [1.165, 1.54) is 17.7 Å². The van der Waals surface area contributed by atoms with Crippen molar-refractivity contribution < 1.29 is 18.4 Å². The topological polar surface area (TPSA) is 121 Å². The summed E-state index contributed by atoms with van der Waals surface area (Å²) in [4.78, 5) is 20.0. The maximum Gasteiger partial charge on any atom is 0.278 e. The molecule has 2 aromatic heterocycles. The predicted octanol–water partition coefficient (Wildman–Crippen LogP) is 2.30. The van der Waals surface area contributed by atoms with E-state index in [-0.39, 0.29) is 11.4 Å². The van der Waals surface area contributed by atoms with Gasteiger partial charge in [-0.25, -0.2) is 18.9 Å². The zero-order valence-corrected chi connectivity index (χ0v) is 15.1. The van der Waals surface area contributed by atoms with E-state index in [4.69, 9.17) is 5.21 Å². The summed E-state index contributed by atoms with van der Waals surface area (Å²) in [7, 11) is -3.64. The number of anilines is 1. The molecule has 2 heterocycles. The highest BCUT2D eigenvalue weighted by Gasteiger charge is 2.17. The molecular weight excluding hydrogens is 368 g/mol. The number of hydroxylamine groups is 1. The van der Waals surface area contributed by atoms with E-state index in [0.717, 1.165) is 22.9 Å². The van der Waals surface area contributed by atoms with Crippen LogP contribution >= 0.6 is 0 Å². The Balaban J connectivity index is 1.98. The smallest absolute Gasteiger partial charge is 0.278 e. The molecule has 9 heteroatoms. The summed E-state index contributed by atoms with van der Waals surface area (Å²) in [5, 5.41) is 8.92. The summed E-state index contributed by atoms with van der Waals surface area (Å²) in [6.07, 6.45) is 5.84. The molecule has 3 aromatic rings. The van der Waals surface area contributed by atoms with Gasteiger partial charge in [0.25, 0.3) is 5.91 Å². The second-order valence-corrected chi connectivity index (χ2v) is 7.50. The van der Waals surface area contributed by atoms with Crippen molar-refractivity contribution in [3.05, 3.63) is 66.6 Å². The first-order valence-corrected chi connectivity index (χ1v) is 9.69. The van der Waals surface area contributed by atoms with Crippen molar-refractivity contribution in [2.24, 2.45) is 0 Å². The normalized spacial score (nSPS) is 11.0. The van der Waals surface area contributed by atoms with Crippen LogP contribution in [0.1, 0.15) is 10.4 Å². The highest BCUT2D eigenvalue weighted by Crippen LogP contribution is 2.26. The molecule has 0 atom stereocenters. The molecule has 3 rings (SSSR count). The Bertz CT molecular complexity index is 1070. The number of rotatable bonds is 5. The molecule has 0 aliphatic carbocycles. The molecule has 0 saturated heterocycles. The number of carbonyl (C=O) groups is 1. The third-order valence-corrected chi connectivity index (χ3v) is 4.29. The van der Waals surface area contributed by atoms with Crippen LogP contribution < -0.4 is 10.2 Å². The molecule has 0 saturated carbocycles. The van der Waals surface area contributed by atoms with Crippen molar-refractivity contribution in [1.29, 1.82) is 0 Å². The van der Waals surface area contributed by atoms with Crippen molar-refractivity contribution in [2.45, 2.75) is 0 Å². The van der Waals surface area contributed by atoms with E-state index >= 15 is 0 Å². The molecule has 27 heavy (non-hydrogen) atoms. The lowest BCUT2D eigenvalue weighted by molar-refractivity contribution is 0.0707. The van der Waals surface area contributed by atoms with Crippen LogP contribution in [0.3, 0.4) is 0 Å². The third-order valence-electron chi connectivity index (χ3n) is 3.73. The summed E-state index contributed by atoms with van der Waals surface area (Å²) < 4.78 is 25.0. The fourth-order valence-electron chi connectivity index (χ4n) is 2.50. The minimum atomic E-state index is -3.64. The van der Waals surface area contributed by atoms with Crippen molar-refractivity contribution in [3.63, 3.8) is 0 Å². The standard InChI is InChI=1S/C18H16N4O4S/c1-27(25,26)22-17-16(18(23)21-24)9-15(11-20-17)13-6-4-12(5-7-13)14-3-2-8-19-10-14/h2-11,24H,1H3,(H,20,22)(H,21,23). The molecular formula is C18H16N4O4S. The Morgan fingerprint density at radius 3 is 2.22 bits per heavy atom. The average molecular weight is 384 g/mol. The zero-order chi connectivity index (χ0) is 19.4. The molecule has 0 radical (unpaired) electrons. The van der Waals surface area contributed by atoms with Gasteiger partial charge in [0.05, 0.1) is 11.8 Å². The first kappa shape index (κ1) is 18.5. The first-order chi connectivity index (χ1) is 12.9. The zero-order valence-electron chi connectivity index (χ0n) is 14.2. The van der Waals surface area contributed by atoms with Crippen LogP contribution in [0.2, 0.25) is 0 Å². The van der Waals surface area contributed by atoms with Gasteiger partial charge in [-0.3, -0.25) is 19.7 Å².